The maximum Gasteiger partial charge on any atom is 0.358 e. The number of ketones is 1. The van der Waals surface area contributed by atoms with Gasteiger partial charge in [0, 0.05) is 16.5 Å². The van der Waals surface area contributed by atoms with Crippen molar-refractivity contribution in [3.05, 3.63) is 75.3 Å². The van der Waals surface area contributed by atoms with Crippen LogP contribution in [0.4, 0.5) is 0 Å². The monoisotopic (exact) mass is 391 g/mol. The minimum atomic E-state index is -0.568. The molecule has 2 aromatic carbocycles. The van der Waals surface area contributed by atoms with Crippen molar-refractivity contribution in [3.63, 3.8) is 0 Å². The van der Waals surface area contributed by atoms with Crippen molar-refractivity contribution < 1.29 is 14.3 Å². The lowest BCUT2D eigenvalue weighted by Crippen LogP contribution is -2.14. The van der Waals surface area contributed by atoms with Gasteiger partial charge >= 0.3 is 5.97 Å². The first-order valence-electron chi connectivity index (χ1n) is 9.36. The van der Waals surface area contributed by atoms with Gasteiger partial charge < -0.3 is 4.74 Å². The fourth-order valence-electron chi connectivity index (χ4n) is 3.58. The number of fused-ring (bicyclic) bond motifs is 1. The molecule has 0 unspecified atom stereocenters. The van der Waals surface area contributed by atoms with Gasteiger partial charge in [0.05, 0.1) is 0 Å². The predicted octanol–water partition coefficient (Wildman–Crippen LogP) is 4.96. The van der Waals surface area contributed by atoms with Crippen molar-refractivity contribution in [2.45, 2.75) is 33.1 Å². The van der Waals surface area contributed by atoms with E-state index in [0.717, 1.165) is 35.4 Å². The van der Waals surface area contributed by atoms with Crippen molar-refractivity contribution in [2.24, 2.45) is 0 Å². The first-order valence-corrected chi connectivity index (χ1v) is 10.2. The number of Topliss-reactive ketones (excluding diaryl/α,β-unsaturated/α-hetero) is 1. The fourth-order valence-corrected chi connectivity index (χ4v) is 4.46. The second kappa shape index (κ2) is 7.68. The number of esters is 1. The molecule has 1 aliphatic rings. The molecule has 4 nitrogen and oxygen atoms in total. The van der Waals surface area contributed by atoms with E-state index in [1.54, 1.807) is 5.38 Å². The molecule has 0 spiro atoms. The molecular weight excluding hydrogens is 370 g/mol. The summed E-state index contributed by atoms with van der Waals surface area (Å²) in [6.07, 6.45) is 3.22. The lowest BCUT2D eigenvalue weighted by molar-refractivity contribution is 0.0470. The second-order valence-corrected chi connectivity index (χ2v) is 8.05. The molecule has 1 aliphatic carbocycles. The molecule has 0 aliphatic heterocycles. The van der Waals surface area contributed by atoms with Gasteiger partial charge in [-0.3, -0.25) is 4.79 Å². The number of hydrogen-bond donors (Lipinski definition) is 0. The number of carbonyl (C=O) groups is 2. The van der Waals surface area contributed by atoms with Gasteiger partial charge in [-0.15, -0.1) is 11.3 Å². The Morgan fingerprint density at radius 1 is 1.07 bits per heavy atom. The van der Waals surface area contributed by atoms with E-state index < -0.39 is 5.97 Å². The predicted molar refractivity (Wildman–Crippen MR) is 110 cm³/mol. The first kappa shape index (κ1) is 18.6. The van der Waals surface area contributed by atoms with Gasteiger partial charge in [-0.25, -0.2) is 9.78 Å². The van der Waals surface area contributed by atoms with Crippen molar-refractivity contribution in [2.75, 3.05) is 6.61 Å². The molecule has 0 saturated heterocycles. The third-order valence-electron chi connectivity index (χ3n) is 5.08. The summed E-state index contributed by atoms with van der Waals surface area (Å²) in [4.78, 5) is 29.1. The summed E-state index contributed by atoms with van der Waals surface area (Å²) < 4.78 is 5.22. The van der Waals surface area contributed by atoms with Crippen LogP contribution in [0, 0.1) is 13.8 Å². The van der Waals surface area contributed by atoms with Crippen LogP contribution in [0.1, 0.15) is 49.5 Å². The van der Waals surface area contributed by atoms with Crippen molar-refractivity contribution in [3.8, 4) is 10.6 Å². The highest BCUT2D eigenvalue weighted by Gasteiger charge is 2.18. The summed E-state index contributed by atoms with van der Waals surface area (Å²) in [5.74, 6) is -0.755. The van der Waals surface area contributed by atoms with Crippen molar-refractivity contribution >= 4 is 23.1 Å². The zero-order valence-electron chi connectivity index (χ0n) is 16.0. The van der Waals surface area contributed by atoms with E-state index in [1.165, 1.54) is 28.0 Å². The second-order valence-electron chi connectivity index (χ2n) is 7.19. The van der Waals surface area contributed by atoms with Gasteiger partial charge in [0.15, 0.2) is 18.1 Å². The molecule has 0 radical (unpaired) electrons. The Labute approximate surface area is 168 Å². The zero-order valence-corrected chi connectivity index (χ0v) is 16.8. The summed E-state index contributed by atoms with van der Waals surface area (Å²) in [7, 11) is 0. The Morgan fingerprint density at radius 2 is 1.89 bits per heavy atom. The first-order chi connectivity index (χ1) is 13.5. The molecule has 4 rings (SSSR count). The normalized spacial score (nSPS) is 12.6. The lowest BCUT2D eigenvalue weighted by atomic mass is 10.0. The minimum absolute atomic E-state index is 0.187. The summed E-state index contributed by atoms with van der Waals surface area (Å²) in [5.41, 5.74) is 6.68. The van der Waals surface area contributed by atoms with Gasteiger partial charge in [0.2, 0.25) is 0 Å². The van der Waals surface area contributed by atoms with E-state index in [0.29, 0.717) is 5.56 Å². The molecule has 5 heteroatoms. The average molecular weight is 391 g/mol. The topological polar surface area (TPSA) is 56.3 Å². The maximum absolute atomic E-state index is 12.4. The fraction of sp³-hybridized carbons (Fsp3) is 0.261. The summed E-state index contributed by atoms with van der Waals surface area (Å²) in [5, 5.41) is 2.45. The largest absolute Gasteiger partial charge is 0.453 e. The van der Waals surface area contributed by atoms with Crippen LogP contribution in [0.2, 0.25) is 0 Å². The SMILES string of the molecule is Cc1ccc(-c2nc(C(=O)OCC(=O)c3ccc4c(c3)CCC4)cs2)c(C)c1. The standard InChI is InChI=1S/C23H21NO3S/c1-14-6-9-19(15(2)10-14)22-24-20(13-28-22)23(26)27-12-21(25)18-8-7-16-4-3-5-17(16)11-18/h6-11,13H,3-5,12H2,1-2H3. The van der Waals surface area contributed by atoms with Gasteiger partial charge in [-0.1, -0.05) is 35.9 Å². The molecular formula is C23H21NO3S. The van der Waals surface area contributed by atoms with Crippen LogP contribution >= 0.6 is 11.3 Å². The molecule has 0 fully saturated rings. The van der Waals surface area contributed by atoms with Crippen LogP contribution in [0.3, 0.4) is 0 Å². The number of nitrogens with zero attached hydrogens (tertiary/aromatic N) is 1. The Bertz CT molecular complexity index is 1070. The summed E-state index contributed by atoms with van der Waals surface area (Å²) in [6, 6.07) is 11.9. The molecule has 0 amide bonds. The number of thiazole rings is 1. The van der Waals surface area contributed by atoms with Gasteiger partial charge in [-0.2, -0.15) is 0 Å². The Morgan fingerprint density at radius 3 is 2.71 bits per heavy atom. The van der Waals surface area contributed by atoms with E-state index in [2.05, 4.69) is 11.1 Å². The molecule has 0 bridgehead atoms. The molecule has 0 saturated carbocycles. The maximum atomic E-state index is 12.4. The van der Waals surface area contributed by atoms with Gasteiger partial charge in [-0.05, 0) is 55.9 Å². The summed E-state index contributed by atoms with van der Waals surface area (Å²) >= 11 is 1.40. The Balaban J connectivity index is 1.41. The molecule has 1 aromatic heterocycles. The van der Waals surface area contributed by atoms with E-state index in [4.69, 9.17) is 4.74 Å². The van der Waals surface area contributed by atoms with Crippen LogP contribution in [0.15, 0.2) is 41.8 Å². The molecule has 3 aromatic rings. The number of rotatable bonds is 5. The van der Waals surface area contributed by atoms with E-state index in [9.17, 15) is 9.59 Å². The zero-order chi connectivity index (χ0) is 19.7. The quantitative estimate of drug-likeness (QED) is 0.456. The minimum Gasteiger partial charge on any atom is -0.453 e. The number of ether oxygens (including phenoxy) is 1. The number of aromatic nitrogens is 1. The highest BCUT2D eigenvalue weighted by atomic mass is 32.1. The van der Waals surface area contributed by atoms with Crippen LogP contribution in [0.5, 0.6) is 0 Å². The Hall–Kier alpha value is -2.79. The highest BCUT2D eigenvalue weighted by molar-refractivity contribution is 7.13. The number of aryl methyl sites for hydroxylation is 4. The highest BCUT2D eigenvalue weighted by Crippen LogP contribution is 2.28. The van der Waals surface area contributed by atoms with Crippen molar-refractivity contribution in [1.29, 1.82) is 0 Å². The molecule has 28 heavy (non-hydrogen) atoms. The van der Waals surface area contributed by atoms with Gasteiger partial charge in [0.25, 0.3) is 0 Å². The van der Waals surface area contributed by atoms with Gasteiger partial charge in [0.1, 0.15) is 5.01 Å². The van der Waals surface area contributed by atoms with E-state index in [-0.39, 0.29) is 18.1 Å². The number of carbonyl (C=O) groups excluding carboxylic acids is 2. The lowest BCUT2D eigenvalue weighted by Gasteiger charge is -2.05. The average Bonchev–Trinajstić information content (AvgIpc) is 3.34. The van der Waals surface area contributed by atoms with E-state index in [1.807, 2.05) is 44.2 Å². The molecule has 142 valence electrons. The molecule has 1 heterocycles. The molecule has 0 atom stereocenters. The van der Waals surface area contributed by atoms with Crippen LogP contribution in [-0.2, 0) is 17.6 Å². The number of benzene rings is 2. The van der Waals surface area contributed by atoms with Crippen molar-refractivity contribution in [1.82, 2.24) is 4.98 Å². The van der Waals surface area contributed by atoms with Crippen LogP contribution in [-0.4, -0.2) is 23.3 Å². The van der Waals surface area contributed by atoms with Crippen LogP contribution < -0.4 is 0 Å². The third-order valence-corrected chi connectivity index (χ3v) is 5.96. The Kier molecular flexibility index (Phi) is 5.09. The smallest absolute Gasteiger partial charge is 0.358 e. The number of hydrogen-bond acceptors (Lipinski definition) is 5. The van der Waals surface area contributed by atoms with E-state index >= 15 is 0 Å². The summed E-state index contributed by atoms with van der Waals surface area (Å²) in [6.45, 7) is 3.80. The van der Waals surface area contributed by atoms with Crippen LogP contribution in [0.25, 0.3) is 10.6 Å². The third kappa shape index (κ3) is 3.76. The molecule has 0 N–H and O–H groups in total.